The van der Waals surface area contributed by atoms with Crippen LogP contribution >= 0.6 is 15.6 Å². The fourth-order valence-electron chi connectivity index (χ4n) is 9.78. The highest BCUT2D eigenvalue weighted by molar-refractivity contribution is 7.47. The molecule has 0 amide bonds. The van der Waals surface area contributed by atoms with Crippen molar-refractivity contribution < 1.29 is 80.2 Å². The third-order valence-corrected chi connectivity index (χ3v) is 17.0. The third kappa shape index (κ3) is 60.7. The minimum Gasteiger partial charge on any atom is -0.462 e. The molecule has 0 fully saturated rings. The van der Waals surface area contributed by atoms with Crippen LogP contribution in [0.5, 0.6) is 0 Å². The average Bonchev–Trinajstić information content (AvgIpc) is 3.46. The lowest BCUT2D eigenvalue weighted by molar-refractivity contribution is -0.161. The van der Waals surface area contributed by atoms with Crippen LogP contribution in [0.2, 0.25) is 0 Å². The van der Waals surface area contributed by atoms with Gasteiger partial charge in [0.1, 0.15) is 19.3 Å². The average molecular weight is 1260 g/mol. The van der Waals surface area contributed by atoms with Crippen LogP contribution in [0.1, 0.15) is 319 Å². The van der Waals surface area contributed by atoms with Gasteiger partial charge < -0.3 is 33.8 Å². The molecule has 0 radical (unpaired) electrons. The van der Waals surface area contributed by atoms with Gasteiger partial charge in [0, 0.05) is 25.7 Å². The number of aliphatic hydroxyl groups is 1. The van der Waals surface area contributed by atoms with Gasteiger partial charge in [-0.2, -0.15) is 0 Å². The number of hydrogen-bond acceptors (Lipinski definition) is 15. The Hall–Kier alpha value is -1.94. The summed E-state index contributed by atoms with van der Waals surface area (Å²) in [6.45, 7) is 14.0. The van der Waals surface area contributed by atoms with E-state index in [1.807, 2.05) is 0 Å². The van der Waals surface area contributed by atoms with Crippen molar-refractivity contribution in [3.05, 3.63) is 0 Å². The Balaban J connectivity index is 5.25. The predicted octanol–water partition coefficient (Wildman–Crippen LogP) is 18.1. The maximum Gasteiger partial charge on any atom is 0.472 e. The van der Waals surface area contributed by atoms with E-state index >= 15 is 0 Å². The third-order valence-electron chi connectivity index (χ3n) is 15.1. The van der Waals surface area contributed by atoms with E-state index in [-0.39, 0.29) is 25.7 Å². The van der Waals surface area contributed by atoms with Crippen LogP contribution in [0.3, 0.4) is 0 Å². The second-order valence-corrected chi connectivity index (χ2v) is 28.7. The van der Waals surface area contributed by atoms with Crippen LogP contribution < -0.4 is 0 Å². The fourth-order valence-corrected chi connectivity index (χ4v) is 11.4. The summed E-state index contributed by atoms with van der Waals surface area (Å²) >= 11 is 0. The SMILES string of the molecule is CC(C)CCCCCCCCCCCCC(=O)OC[C@H](COP(=O)(O)OC[C@@H](O)COP(=O)(O)OC[C@@H](COC(=O)CCCCCCCCC(C)C)OC(=O)CCCCCCCCCCC(C)C)OC(=O)CCCCCCCCCCCC(C)C. The number of ether oxygens (including phenoxy) is 4. The van der Waals surface area contributed by atoms with Crippen molar-refractivity contribution in [3.63, 3.8) is 0 Å². The van der Waals surface area contributed by atoms with E-state index in [1.54, 1.807) is 0 Å². The molecule has 0 aliphatic carbocycles. The highest BCUT2D eigenvalue weighted by Gasteiger charge is 2.30. The van der Waals surface area contributed by atoms with E-state index < -0.39 is 97.5 Å². The zero-order valence-corrected chi connectivity index (χ0v) is 57.0. The Morgan fingerprint density at radius 1 is 0.294 bits per heavy atom. The minimum absolute atomic E-state index is 0.103. The fraction of sp³-hybridized carbons (Fsp3) is 0.939. The molecule has 0 aliphatic heterocycles. The quantitative estimate of drug-likeness (QED) is 0.0222. The molecule has 0 aromatic rings. The summed E-state index contributed by atoms with van der Waals surface area (Å²) in [7, 11) is -9.89. The van der Waals surface area contributed by atoms with E-state index in [2.05, 4.69) is 55.4 Å². The van der Waals surface area contributed by atoms with Crippen molar-refractivity contribution in [1.82, 2.24) is 0 Å². The maximum absolute atomic E-state index is 13.0. The molecule has 0 heterocycles. The van der Waals surface area contributed by atoms with Crippen LogP contribution in [-0.2, 0) is 65.4 Å². The van der Waals surface area contributed by atoms with E-state index in [0.717, 1.165) is 114 Å². The molecule has 0 saturated heterocycles. The second-order valence-electron chi connectivity index (χ2n) is 25.8. The number of esters is 4. The number of phosphoric ester groups is 2. The molecule has 85 heavy (non-hydrogen) atoms. The first-order valence-corrected chi connectivity index (χ1v) is 37.2. The molecule has 17 nitrogen and oxygen atoms in total. The summed E-state index contributed by atoms with van der Waals surface area (Å²) in [6, 6.07) is 0. The first-order valence-electron chi connectivity index (χ1n) is 34.2. The smallest absolute Gasteiger partial charge is 0.462 e. The molecule has 0 rings (SSSR count). The molecule has 0 aromatic carbocycles. The first kappa shape index (κ1) is 83.1. The molecule has 2 unspecified atom stereocenters. The Bertz CT molecular complexity index is 1700. The van der Waals surface area contributed by atoms with Gasteiger partial charge in [-0.05, 0) is 49.4 Å². The maximum atomic E-state index is 13.0. The lowest BCUT2D eigenvalue weighted by Crippen LogP contribution is -2.30. The van der Waals surface area contributed by atoms with Crippen molar-refractivity contribution in [2.24, 2.45) is 23.7 Å². The number of aliphatic hydroxyl groups excluding tert-OH is 1. The van der Waals surface area contributed by atoms with Gasteiger partial charge in [-0.15, -0.1) is 0 Å². The highest BCUT2D eigenvalue weighted by Crippen LogP contribution is 2.45. The minimum atomic E-state index is -4.95. The van der Waals surface area contributed by atoms with E-state index in [0.29, 0.717) is 31.6 Å². The largest absolute Gasteiger partial charge is 0.472 e. The molecular weight excluding hydrogens is 1130 g/mol. The van der Waals surface area contributed by atoms with Gasteiger partial charge >= 0.3 is 39.5 Å². The molecule has 0 spiro atoms. The van der Waals surface area contributed by atoms with Crippen LogP contribution in [-0.4, -0.2) is 96.7 Å². The van der Waals surface area contributed by atoms with Crippen molar-refractivity contribution in [2.75, 3.05) is 39.6 Å². The second kappa shape index (κ2) is 56.1. The lowest BCUT2D eigenvalue weighted by atomic mass is 10.0. The van der Waals surface area contributed by atoms with Gasteiger partial charge in [0.2, 0.25) is 0 Å². The number of rotatable bonds is 63. The normalized spacial score (nSPS) is 14.4. The number of carbonyl (C=O) groups is 4. The van der Waals surface area contributed by atoms with Crippen molar-refractivity contribution in [1.29, 1.82) is 0 Å². The number of carbonyl (C=O) groups excluding carboxylic acids is 4. The molecule has 0 aliphatic rings. The van der Waals surface area contributed by atoms with Crippen LogP contribution in [0.25, 0.3) is 0 Å². The Kier molecular flexibility index (Phi) is 54.8. The first-order chi connectivity index (χ1) is 40.6. The monoisotopic (exact) mass is 1250 g/mol. The Morgan fingerprint density at radius 3 is 0.729 bits per heavy atom. The molecule has 19 heteroatoms. The lowest BCUT2D eigenvalue weighted by Gasteiger charge is -2.21. The van der Waals surface area contributed by atoms with E-state index in [4.69, 9.17) is 37.0 Å². The molecule has 0 aromatic heterocycles. The summed E-state index contributed by atoms with van der Waals surface area (Å²) in [4.78, 5) is 72.3. The zero-order valence-electron chi connectivity index (χ0n) is 55.2. The van der Waals surface area contributed by atoms with Crippen LogP contribution in [0, 0.1) is 23.7 Å². The number of hydrogen-bond donors (Lipinski definition) is 3. The van der Waals surface area contributed by atoms with Crippen molar-refractivity contribution in [2.45, 2.75) is 337 Å². The standard InChI is InChI=1S/C66H128O17P2/c1-56(2)42-34-26-18-12-9-10-14-21-30-38-46-63(68)76-52-61(82-65(70)48-40-32-22-15-11-13-19-27-35-43-57(3)4)54-80-84(72,73)78-50-60(67)51-79-85(74,75)81-55-62(53-77-64(69)47-39-31-25-24-29-37-45-59(7)8)83-66(71)49-41-33-23-17-16-20-28-36-44-58(5)6/h56-62,67H,9-55H2,1-8H3,(H,72,73)(H,74,75)/t60-,61-,62-/m1/s1. The van der Waals surface area contributed by atoms with E-state index in [9.17, 15) is 43.2 Å². The van der Waals surface area contributed by atoms with Gasteiger partial charge in [-0.3, -0.25) is 37.3 Å². The van der Waals surface area contributed by atoms with Crippen molar-refractivity contribution >= 4 is 39.5 Å². The van der Waals surface area contributed by atoms with Crippen molar-refractivity contribution in [3.8, 4) is 0 Å². The van der Waals surface area contributed by atoms with Gasteiger partial charge in [-0.1, -0.05) is 267 Å². The topological polar surface area (TPSA) is 237 Å². The zero-order chi connectivity index (χ0) is 63.2. The van der Waals surface area contributed by atoms with E-state index in [1.165, 1.54) is 116 Å². The molecule has 0 bridgehead atoms. The molecule has 3 N–H and O–H groups in total. The number of unbranched alkanes of at least 4 members (excludes halogenated alkanes) is 29. The summed E-state index contributed by atoms with van der Waals surface area (Å²) in [6.07, 6.45) is 36.4. The Morgan fingerprint density at radius 2 is 0.494 bits per heavy atom. The summed E-state index contributed by atoms with van der Waals surface area (Å²) in [5.41, 5.74) is 0. The van der Waals surface area contributed by atoms with Crippen LogP contribution in [0.15, 0.2) is 0 Å². The van der Waals surface area contributed by atoms with Gasteiger partial charge in [0.25, 0.3) is 0 Å². The predicted molar refractivity (Wildman–Crippen MR) is 340 cm³/mol. The Labute approximate surface area is 517 Å². The molecule has 0 saturated carbocycles. The van der Waals surface area contributed by atoms with Crippen LogP contribution in [0.4, 0.5) is 0 Å². The summed E-state index contributed by atoms with van der Waals surface area (Å²) < 4.78 is 68.1. The summed E-state index contributed by atoms with van der Waals surface area (Å²) in [5.74, 6) is 0.754. The van der Waals surface area contributed by atoms with Gasteiger partial charge in [0.15, 0.2) is 12.2 Å². The number of phosphoric acid groups is 2. The van der Waals surface area contributed by atoms with Gasteiger partial charge in [0.05, 0.1) is 26.4 Å². The molecule has 5 atom stereocenters. The highest BCUT2D eigenvalue weighted by atomic mass is 31.2. The molecule has 504 valence electrons. The summed E-state index contributed by atoms with van der Waals surface area (Å²) in [5, 5.41) is 10.5. The van der Waals surface area contributed by atoms with Gasteiger partial charge in [-0.25, -0.2) is 9.13 Å². The molecular formula is C66H128O17P2.